The zero-order chi connectivity index (χ0) is 20.9. The van der Waals surface area contributed by atoms with Crippen LogP contribution >= 0.6 is 0 Å². The van der Waals surface area contributed by atoms with Gasteiger partial charge in [0.05, 0.1) is 13.2 Å². The Bertz CT molecular complexity index is 942. The first-order valence-corrected chi connectivity index (χ1v) is 10.7. The second kappa shape index (κ2) is 9.32. The molecule has 2 aromatic carbocycles. The Hall–Kier alpha value is -2.83. The molecule has 1 aliphatic heterocycles. The van der Waals surface area contributed by atoms with Crippen LogP contribution in [0, 0.1) is 0 Å². The number of hydrogen-bond acceptors (Lipinski definition) is 3. The van der Waals surface area contributed by atoms with Gasteiger partial charge in [0.1, 0.15) is 49.8 Å². The van der Waals surface area contributed by atoms with Crippen LogP contribution in [0.25, 0.3) is 11.0 Å². The molecule has 3 aromatic rings. The van der Waals surface area contributed by atoms with Crippen molar-refractivity contribution >= 4 is 16.9 Å². The lowest BCUT2D eigenvalue weighted by Crippen LogP contribution is -3.28. The molecule has 6 heteroatoms. The molecule has 0 saturated carbocycles. The van der Waals surface area contributed by atoms with E-state index >= 15 is 0 Å². The molecule has 3 N–H and O–H groups in total. The van der Waals surface area contributed by atoms with E-state index in [-0.39, 0.29) is 11.9 Å². The highest BCUT2D eigenvalue weighted by molar-refractivity contribution is 5.79. The average Bonchev–Trinajstić information content (AvgIpc) is 3.20. The maximum Gasteiger partial charge on any atom is 0.275 e. The number of carbonyl (C=O) groups excluding carboxylic acids is 1. The van der Waals surface area contributed by atoms with Gasteiger partial charge in [0, 0.05) is 10.9 Å². The van der Waals surface area contributed by atoms with Gasteiger partial charge in [-0.3, -0.25) is 4.79 Å². The summed E-state index contributed by atoms with van der Waals surface area (Å²) in [6, 6.07) is 18.1. The first-order chi connectivity index (χ1) is 14.6. The molecule has 2 heterocycles. The van der Waals surface area contributed by atoms with E-state index < -0.39 is 0 Å². The number of rotatable bonds is 7. The molecule has 0 bridgehead atoms. The van der Waals surface area contributed by atoms with Crippen LogP contribution in [0.15, 0.2) is 59.0 Å². The lowest BCUT2D eigenvalue weighted by atomic mass is 10.2. The molecular weight excluding hydrogens is 378 g/mol. The molecule has 4 rings (SSSR count). The zero-order valence-corrected chi connectivity index (χ0v) is 17.7. The van der Waals surface area contributed by atoms with Crippen LogP contribution in [-0.4, -0.2) is 45.7 Å². The highest BCUT2D eigenvalue weighted by Gasteiger charge is 2.25. The third-order valence-corrected chi connectivity index (χ3v) is 5.94. The van der Waals surface area contributed by atoms with Crippen LogP contribution in [0.5, 0.6) is 5.75 Å². The number of fused-ring (bicyclic) bond motifs is 1. The third kappa shape index (κ3) is 5.01. The molecule has 30 heavy (non-hydrogen) atoms. The van der Waals surface area contributed by atoms with Crippen LogP contribution in [0.4, 0.5) is 0 Å². The lowest BCUT2D eigenvalue weighted by Gasteiger charge is -2.29. The third-order valence-electron chi connectivity index (χ3n) is 5.94. The van der Waals surface area contributed by atoms with Crippen molar-refractivity contribution in [2.45, 2.75) is 19.5 Å². The molecule has 0 radical (unpaired) electrons. The standard InChI is InChI=1S/C24H29N3O3/c1-18(23-15-20-5-3-4-6-22(20)30-23)25-24(28)17-27-13-11-26(12-14-27)16-19-7-9-21(29-2)10-8-19/h3-10,15,18H,11-14,16-17H2,1-2H3,(H,25,28)/p+2/t18-/m1/s1. The Morgan fingerprint density at radius 3 is 2.47 bits per heavy atom. The maximum atomic E-state index is 12.6. The summed E-state index contributed by atoms with van der Waals surface area (Å²) < 4.78 is 11.1. The van der Waals surface area contributed by atoms with Crippen LogP contribution in [0.3, 0.4) is 0 Å². The zero-order valence-electron chi connectivity index (χ0n) is 17.7. The van der Waals surface area contributed by atoms with Crippen molar-refractivity contribution in [1.82, 2.24) is 5.32 Å². The van der Waals surface area contributed by atoms with Crippen LogP contribution in [0.2, 0.25) is 0 Å². The van der Waals surface area contributed by atoms with Gasteiger partial charge in [0.25, 0.3) is 5.91 Å². The largest absolute Gasteiger partial charge is 0.497 e. The van der Waals surface area contributed by atoms with E-state index in [0.29, 0.717) is 6.54 Å². The number of para-hydroxylation sites is 1. The summed E-state index contributed by atoms with van der Waals surface area (Å²) in [7, 11) is 1.69. The highest BCUT2D eigenvalue weighted by atomic mass is 16.5. The molecular formula is C24H31N3O3+2. The summed E-state index contributed by atoms with van der Waals surface area (Å²) in [4.78, 5) is 15.5. The van der Waals surface area contributed by atoms with E-state index in [1.165, 1.54) is 10.5 Å². The Kier molecular flexibility index (Phi) is 6.35. The summed E-state index contributed by atoms with van der Waals surface area (Å²) in [5.74, 6) is 1.77. The first kappa shape index (κ1) is 20.4. The molecule has 1 aliphatic rings. The fraction of sp³-hybridized carbons (Fsp3) is 0.375. The summed E-state index contributed by atoms with van der Waals surface area (Å²) in [5, 5.41) is 4.16. The second-order valence-corrected chi connectivity index (χ2v) is 8.18. The number of quaternary nitrogens is 2. The summed E-state index contributed by atoms with van der Waals surface area (Å²) in [6.07, 6.45) is 0. The number of furan rings is 1. The van der Waals surface area contributed by atoms with Gasteiger partial charge in [-0.15, -0.1) is 0 Å². The van der Waals surface area contributed by atoms with E-state index in [1.54, 1.807) is 12.0 Å². The van der Waals surface area contributed by atoms with Gasteiger partial charge in [-0.05, 0) is 43.3 Å². The van der Waals surface area contributed by atoms with Crippen molar-refractivity contribution in [3.05, 3.63) is 65.9 Å². The van der Waals surface area contributed by atoms with Gasteiger partial charge < -0.3 is 24.3 Å². The maximum absolute atomic E-state index is 12.6. The van der Waals surface area contributed by atoms with Crippen molar-refractivity contribution < 1.29 is 23.7 Å². The summed E-state index contributed by atoms with van der Waals surface area (Å²) in [6.45, 7) is 7.69. The molecule has 0 aliphatic carbocycles. The topological polar surface area (TPSA) is 60.4 Å². The number of methoxy groups -OCH3 is 1. The molecule has 1 fully saturated rings. The van der Waals surface area contributed by atoms with Gasteiger partial charge in [-0.25, -0.2) is 0 Å². The van der Waals surface area contributed by atoms with Crippen molar-refractivity contribution in [3.63, 3.8) is 0 Å². The monoisotopic (exact) mass is 409 g/mol. The predicted octanol–water partition coefficient (Wildman–Crippen LogP) is 0.602. The second-order valence-electron chi connectivity index (χ2n) is 8.18. The number of carbonyl (C=O) groups is 1. The van der Waals surface area contributed by atoms with E-state index in [1.807, 2.05) is 49.4 Å². The van der Waals surface area contributed by atoms with E-state index in [9.17, 15) is 4.79 Å². The summed E-state index contributed by atoms with van der Waals surface area (Å²) >= 11 is 0. The fourth-order valence-corrected chi connectivity index (χ4v) is 4.15. The van der Waals surface area contributed by atoms with Gasteiger partial charge in [0.15, 0.2) is 6.54 Å². The minimum absolute atomic E-state index is 0.0801. The van der Waals surface area contributed by atoms with E-state index in [4.69, 9.17) is 9.15 Å². The molecule has 0 spiro atoms. The van der Waals surface area contributed by atoms with Crippen molar-refractivity contribution in [1.29, 1.82) is 0 Å². The van der Waals surface area contributed by atoms with Gasteiger partial charge in [-0.1, -0.05) is 18.2 Å². The Morgan fingerprint density at radius 2 is 1.77 bits per heavy atom. The number of nitrogens with one attached hydrogen (secondary N) is 3. The number of benzene rings is 2. The normalized spacial score (nSPS) is 20.1. The molecule has 6 nitrogen and oxygen atoms in total. The van der Waals surface area contributed by atoms with E-state index in [2.05, 4.69) is 17.4 Å². The molecule has 1 aromatic heterocycles. The predicted molar refractivity (Wildman–Crippen MR) is 116 cm³/mol. The molecule has 1 atom stereocenters. The van der Waals surface area contributed by atoms with Crippen LogP contribution in [-0.2, 0) is 11.3 Å². The molecule has 0 unspecified atom stereocenters. The van der Waals surface area contributed by atoms with E-state index in [0.717, 1.165) is 55.2 Å². The highest BCUT2D eigenvalue weighted by Crippen LogP contribution is 2.23. The SMILES string of the molecule is COc1ccc(C[NH+]2CC[NH+](CC(=O)N[C@H](C)c3cc4ccccc4o3)CC2)cc1. The molecule has 158 valence electrons. The van der Waals surface area contributed by atoms with Gasteiger partial charge in [0.2, 0.25) is 0 Å². The molecule has 1 saturated heterocycles. The van der Waals surface area contributed by atoms with Crippen LogP contribution < -0.4 is 19.9 Å². The van der Waals surface area contributed by atoms with Crippen molar-refractivity contribution in [3.8, 4) is 5.75 Å². The van der Waals surface area contributed by atoms with Crippen molar-refractivity contribution in [2.75, 3.05) is 39.8 Å². The Morgan fingerprint density at radius 1 is 1.07 bits per heavy atom. The van der Waals surface area contributed by atoms with Crippen molar-refractivity contribution in [2.24, 2.45) is 0 Å². The Balaban J connectivity index is 1.22. The fourth-order valence-electron chi connectivity index (χ4n) is 4.15. The minimum Gasteiger partial charge on any atom is -0.497 e. The number of ether oxygens (including phenoxy) is 1. The molecule has 1 amide bonds. The Labute approximate surface area is 177 Å². The first-order valence-electron chi connectivity index (χ1n) is 10.7. The average molecular weight is 410 g/mol. The quantitative estimate of drug-likeness (QED) is 0.536. The lowest BCUT2D eigenvalue weighted by molar-refractivity contribution is -1.02. The number of hydrogen-bond donors (Lipinski definition) is 3. The van der Waals surface area contributed by atoms with Gasteiger partial charge in [-0.2, -0.15) is 0 Å². The number of piperazine rings is 1. The minimum atomic E-state index is -0.133. The summed E-state index contributed by atoms with van der Waals surface area (Å²) in [5.41, 5.74) is 2.18. The smallest absolute Gasteiger partial charge is 0.275 e. The van der Waals surface area contributed by atoms with Crippen LogP contribution in [0.1, 0.15) is 24.3 Å². The number of amides is 1. The van der Waals surface area contributed by atoms with Gasteiger partial charge >= 0.3 is 0 Å².